The Bertz CT molecular complexity index is 396. The molecule has 0 amide bonds. The molecule has 1 aromatic rings. The predicted octanol–water partition coefficient (Wildman–Crippen LogP) is -6.34. The van der Waals surface area contributed by atoms with Crippen LogP contribution in [-0.4, -0.2) is 20.7 Å². The van der Waals surface area contributed by atoms with E-state index >= 15 is 0 Å². The number of rotatable bonds is 5. The molecule has 0 aromatic heterocycles. The summed E-state index contributed by atoms with van der Waals surface area (Å²) >= 11 is 0. The van der Waals surface area contributed by atoms with Crippen molar-refractivity contribution in [3.8, 4) is 5.75 Å². The predicted molar refractivity (Wildman–Crippen MR) is 48.6 cm³/mol. The first-order valence-electron chi connectivity index (χ1n) is 4.54. The van der Waals surface area contributed by atoms with Gasteiger partial charge in [0.25, 0.3) is 0 Å². The fourth-order valence-corrected chi connectivity index (χ4v) is 1.11. The molecule has 0 heterocycles. The van der Waals surface area contributed by atoms with Gasteiger partial charge in [-0.3, -0.25) is 0 Å². The maximum atomic E-state index is 13.3. The van der Waals surface area contributed by atoms with Crippen LogP contribution in [0.2, 0.25) is 0 Å². The molecule has 0 aliphatic rings. The minimum Gasteiger partial charge on any atom is -0.891 e. The zero-order valence-corrected chi connectivity index (χ0v) is 17.0. The largest absolute Gasteiger partial charge is 1.00 e. The van der Waals surface area contributed by atoms with Gasteiger partial charge in [0.05, 0.1) is 12.7 Å². The molecule has 10 heteroatoms. The van der Waals surface area contributed by atoms with Gasteiger partial charge in [0, 0.05) is 6.07 Å². The molecule has 0 aliphatic heterocycles. The minimum atomic E-state index is -4.02. The Labute approximate surface area is 194 Å². The molecule has 1 rings (SSSR count). The molecule has 94 valence electrons. The Kier molecular flexibility index (Phi) is 13.1. The average molecular weight is 326 g/mol. The summed E-state index contributed by atoms with van der Waals surface area (Å²) in [5.74, 6) is -1.18. The van der Waals surface area contributed by atoms with Gasteiger partial charge in [0.15, 0.2) is 0 Å². The first-order chi connectivity index (χ1) is 7.86. The molecular formula is C9H8BF3K2O4. The summed E-state index contributed by atoms with van der Waals surface area (Å²) in [7, 11) is -1.30. The van der Waals surface area contributed by atoms with Crippen molar-refractivity contribution in [1.82, 2.24) is 0 Å². The van der Waals surface area contributed by atoms with E-state index in [1.54, 1.807) is 0 Å². The summed E-state index contributed by atoms with van der Waals surface area (Å²) in [6.45, 7) is -1.25. The van der Waals surface area contributed by atoms with E-state index in [1.165, 1.54) is 7.11 Å². The van der Waals surface area contributed by atoms with Crippen LogP contribution >= 0.6 is 0 Å². The van der Waals surface area contributed by atoms with Crippen LogP contribution in [-0.2, 0) is 10.8 Å². The van der Waals surface area contributed by atoms with Gasteiger partial charge in [-0.05, 0) is 18.6 Å². The first-order valence-corrected chi connectivity index (χ1v) is 4.54. The van der Waals surface area contributed by atoms with Gasteiger partial charge in [-0.1, -0.05) is 7.12 Å². The summed E-state index contributed by atoms with van der Waals surface area (Å²) in [6, 6.07) is 2.62. The van der Waals surface area contributed by atoms with Gasteiger partial charge in [-0.15, -0.1) is 0 Å². The van der Waals surface area contributed by atoms with E-state index in [2.05, 4.69) is 9.47 Å². The number of hydrogen-bond acceptors (Lipinski definition) is 4. The van der Waals surface area contributed by atoms with Crippen LogP contribution in [0.15, 0.2) is 18.2 Å². The smallest absolute Gasteiger partial charge is 0.891 e. The molecule has 0 saturated carbocycles. The molecule has 0 radical (unpaired) electrons. The molecule has 0 N–H and O–H groups in total. The van der Waals surface area contributed by atoms with Gasteiger partial charge >= 0.3 is 109 Å². The zero-order chi connectivity index (χ0) is 13.1. The Hall–Kier alpha value is 2.03. The summed E-state index contributed by atoms with van der Waals surface area (Å²) in [4.78, 5) is 0. The third-order valence-corrected chi connectivity index (χ3v) is 1.89. The van der Waals surface area contributed by atoms with Gasteiger partial charge in [-0.2, -0.15) is 8.78 Å². The Morgan fingerprint density at radius 3 is 2.26 bits per heavy atom. The Balaban J connectivity index is 0. The molecule has 0 aliphatic carbocycles. The monoisotopic (exact) mass is 326 g/mol. The van der Waals surface area contributed by atoms with Crippen LogP contribution in [0.1, 0.15) is 5.56 Å². The second-order valence-corrected chi connectivity index (χ2v) is 3.10. The van der Waals surface area contributed by atoms with Crippen molar-refractivity contribution in [2.24, 2.45) is 0 Å². The van der Waals surface area contributed by atoms with Crippen LogP contribution in [0.3, 0.4) is 0 Å². The third-order valence-electron chi connectivity index (χ3n) is 1.89. The van der Waals surface area contributed by atoms with Crippen LogP contribution in [0.25, 0.3) is 0 Å². The molecule has 0 atom stereocenters. The summed E-state index contributed by atoms with van der Waals surface area (Å²) in [5, 5.41) is 20.1. The first kappa shape index (κ1) is 23.3. The fraction of sp³-hybridized carbons (Fsp3) is 0.333. The van der Waals surface area contributed by atoms with Crippen molar-refractivity contribution in [2.75, 3.05) is 13.6 Å². The van der Waals surface area contributed by atoms with Crippen LogP contribution in [0, 0.1) is 5.82 Å². The minimum absolute atomic E-state index is 0. The van der Waals surface area contributed by atoms with Crippen LogP contribution in [0.4, 0.5) is 13.2 Å². The second kappa shape index (κ2) is 10.7. The summed E-state index contributed by atoms with van der Waals surface area (Å²) in [6.07, 6.45) is -4.02. The van der Waals surface area contributed by atoms with Gasteiger partial charge < -0.3 is 19.5 Å². The molecule has 0 saturated heterocycles. The van der Waals surface area contributed by atoms with E-state index in [9.17, 15) is 23.2 Å². The fourth-order valence-electron chi connectivity index (χ4n) is 1.11. The molecule has 0 fully saturated rings. The number of ether oxygens (including phenoxy) is 2. The number of hydrogen-bond donors (Lipinski definition) is 0. The molecule has 1 aromatic carbocycles. The van der Waals surface area contributed by atoms with Crippen LogP contribution in [0.5, 0.6) is 5.75 Å². The van der Waals surface area contributed by atoms with E-state index in [0.29, 0.717) is 0 Å². The second-order valence-electron chi connectivity index (χ2n) is 3.10. The topological polar surface area (TPSA) is 64.6 Å². The number of benzene rings is 1. The van der Waals surface area contributed by atoms with E-state index in [0.717, 1.165) is 18.2 Å². The van der Waals surface area contributed by atoms with Crippen molar-refractivity contribution >= 4 is 7.12 Å². The summed E-state index contributed by atoms with van der Waals surface area (Å²) < 4.78 is 48.2. The van der Waals surface area contributed by atoms with Crippen LogP contribution < -0.4 is 118 Å². The molecule has 0 unspecified atom stereocenters. The van der Waals surface area contributed by atoms with E-state index in [1.807, 2.05) is 0 Å². The molecule has 19 heavy (non-hydrogen) atoms. The number of methoxy groups -OCH3 is 1. The van der Waals surface area contributed by atoms with Crippen molar-refractivity contribution < 1.29 is 135 Å². The van der Waals surface area contributed by atoms with Crippen molar-refractivity contribution in [1.29, 1.82) is 0 Å². The number of alkyl halides is 2. The van der Waals surface area contributed by atoms with E-state index in [4.69, 9.17) is 0 Å². The van der Waals surface area contributed by atoms with Crippen molar-refractivity contribution in [3.63, 3.8) is 0 Å². The average Bonchev–Trinajstić information content (AvgIpc) is 2.26. The number of halogens is 3. The van der Waals surface area contributed by atoms with E-state index in [-0.39, 0.29) is 109 Å². The maximum Gasteiger partial charge on any atom is 1.00 e. The Morgan fingerprint density at radius 2 is 1.84 bits per heavy atom. The quantitative estimate of drug-likeness (QED) is 0.505. The SMILES string of the molecule is COc1ccc(C(F)(F)OCB([O-])[O-])c(F)c1.[K+].[K+]. The normalized spacial score (nSPS) is 10.2. The zero-order valence-electron chi connectivity index (χ0n) is 10.8. The molecule has 0 spiro atoms. The van der Waals surface area contributed by atoms with Crippen molar-refractivity contribution in [2.45, 2.75) is 6.11 Å². The molecular weight excluding hydrogens is 318 g/mol. The van der Waals surface area contributed by atoms with Gasteiger partial charge in [0.2, 0.25) is 0 Å². The van der Waals surface area contributed by atoms with Gasteiger partial charge in [0.1, 0.15) is 11.6 Å². The maximum absolute atomic E-state index is 13.3. The third kappa shape index (κ3) is 7.72. The van der Waals surface area contributed by atoms with Gasteiger partial charge in [-0.25, -0.2) is 4.39 Å². The molecule has 4 nitrogen and oxygen atoms in total. The Morgan fingerprint density at radius 1 is 1.26 bits per heavy atom. The van der Waals surface area contributed by atoms with E-state index < -0.39 is 31.1 Å². The standard InChI is InChI=1S/C9H8BF3O4.2K/c1-16-6-2-3-7(8(11)4-6)9(12,13)17-5-10(14)15;;/h2-4H,5H2,1H3;;/q-2;2*+1. The summed E-state index contributed by atoms with van der Waals surface area (Å²) in [5.41, 5.74) is -1.06. The molecule has 0 bridgehead atoms. The van der Waals surface area contributed by atoms with Crippen molar-refractivity contribution in [3.05, 3.63) is 29.6 Å².